The van der Waals surface area contributed by atoms with Gasteiger partial charge in [0, 0.05) is 19.2 Å². The van der Waals surface area contributed by atoms with Crippen molar-refractivity contribution in [3.63, 3.8) is 0 Å². The number of hydrogen-bond acceptors (Lipinski definition) is 4. The standard InChI is InChI=1S/C11H14BrFN2O2S/c12-8-6-11(10(14)7-9(8)13)15-2-1-4-18(16,17)5-3-15/h6-7H,1-5,14H2. The number of nitrogen functional groups attached to an aromatic ring is 1. The fourth-order valence-corrected chi connectivity index (χ4v) is 3.61. The molecule has 0 spiro atoms. The van der Waals surface area contributed by atoms with Gasteiger partial charge >= 0.3 is 0 Å². The SMILES string of the molecule is Nc1cc(F)c(Br)cc1N1CCCS(=O)(=O)CC1. The second-order valence-corrected chi connectivity index (χ2v) is 7.48. The number of anilines is 2. The fraction of sp³-hybridized carbons (Fsp3) is 0.455. The Morgan fingerprint density at radius 1 is 1.28 bits per heavy atom. The topological polar surface area (TPSA) is 63.4 Å². The van der Waals surface area contributed by atoms with E-state index >= 15 is 0 Å². The maximum atomic E-state index is 13.3. The van der Waals surface area contributed by atoms with E-state index in [4.69, 9.17) is 5.73 Å². The Balaban J connectivity index is 2.29. The van der Waals surface area contributed by atoms with Crippen LogP contribution >= 0.6 is 15.9 Å². The Bertz CT molecular complexity index is 562. The molecule has 0 aromatic heterocycles. The van der Waals surface area contributed by atoms with Crippen LogP contribution in [-0.4, -0.2) is 33.0 Å². The molecular weight excluding hydrogens is 323 g/mol. The molecule has 1 aliphatic rings. The molecule has 1 aliphatic heterocycles. The third-order valence-corrected chi connectivity index (χ3v) is 5.29. The third kappa shape index (κ3) is 2.95. The van der Waals surface area contributed by atoms with Gasteiger partial charge in [-0.2, -0.15) is 0 Å². The van der Waals surface area contributed by atoms with Crippen LogP contribution in [0.15, 0.2) is 16.6 Å². The Kier molecular flexibility index (Phi) is 3.82. The molecule has 0 bridgehead atoms. The molecular formula is C11H14BrFN2O2S. The Morgan fingerprint density at radius 3 is 2.72 bits per heavy atom. The quantitative estimate of drug-likeness (QED) is 0.794. The number of sulfone groups is 1. The van der Waals surface area contributed by atoms with Gasteiger partial charge in [0.2, 0.25) is 0 Å². The molecule has 0 aliphatic carbocycles. The van der Waals surface area contributed by atoms with Crippen molar-refractivity contribution in [1.29, 1.82) is 0 Å². The Morgan fingerprint density at radius 2 is 2.00 bits per heavy atom. The molecule has 100 valence electrons. The van der Waals surface area contributed by atoms with E-state index in [-0.39, 0.29) is 11.5 Å². The molecule has 0 atom stereocenters. The summed E-state index contributed by atoms with van der Waals surface area (Å²) < 4.78 is 36.7. The van der Waals surface area contributed by atoms with E-state index in [1.807, 2.05) is 4.90 Å². The van der Waals surface area contributed by atoms with Gasteiger partial charge in [-0.1, -0.05) is 0 Å². The number of nitrogens with zero attached hydrogens (tertiary/aromatic N) is 1. The highest BCUT2D eigenvalue weighted by Gasteiger charge is 2.21. The summed E-state index contributed by atoms with van der Waals surface area (Å²) in [5, 5.41) is 0. The lowest BCUT2D eigenvalue weighted by atomic mass is 10.2. The van der Waals surface area contributed by atoms with Crippen molar-refractivity contribution in [3.05, 3.63) is 22.4 Å². The van der Waals surface area contributed by atoms with Crippen LogP contribution in [0.2, 0.25) is 0 Å². The van der Waals surface area contributed by atoms with E-state index in [0.717, 1.165) is 0 Å². The van der Waals surface area contributed by atoms with Crippen LogP contribution in [0, 0.1) is 5.82 Å². The largest absolute Gasteiger partial charge is 0.397 e. The second-order valence-electron chi connectivity index (χ2n) is 4.32. The van der Waals surface area contributed by atoms with E-state index in [2.05, 4.69) is 15.9 Å². The van der Waals surface area contributed by atoms with Crippen LogP contribution in [0.5, 0.6) is 0 Å². The van der Waals surface area contributed by atoms with Crippen LogP contribution in [0.25, 0.3) is 0 Å². The zero-order chi connectivity index (χ0) is 13.3. The molecule has 2 rings (SSSR count). The van der Waals surface area contributed by atoms with Gasteiger partial charge in [0.05, 0.1) is 27.4 Å². The van der Waals surface area contributed by atoms with Crippen molar-refractivity contribution in [2.45, 2.75) is 6.42 Å². The van der Waals surface area contributed by atoms with Crippen molar-refractivity contribution < 1.29 is 12.8 Å². The molecule has 1 aromatic carbocycles. The van der Waals surface area contributed by atoms with Gasteiger partial charge in [0.25, 0.3) is 0 Å². The summed E-state index contributed by atoms with van der Waals surface area (Å²) in [4.78, 5) is 1.89. The van der Waals surface area contributed by atoms with Crippen LogP contribution in [-0.2, 0) is 9.84 Å². The van der Waals surface area contributed by atoms with Gasteiger partial charge in [0.1, 0.15) is 5.82 Å². The summed E-state index contributed by atoms with van der Waals surface area (Å²) in [7, 11) is -2.96. The molecule has 0 amide bonds. The van der Waals surface area contributed by atoms with Crippen LogP contribution in [0.3, 0.4) is 0 Å². The van der Waals surface area contributed by atoms with E-state index in [1.165, 1.54) is 6.07 Å². The number of benzene rings is 1. The van der Waals surface area contributed by atoms with Crippen LogP contribution < -0.4 is 10.6 Å². The van der Waals surface area contributed by atoms with E-state index < -0.39 is 15.7 Å². The smallest absolute Gasteiger partial charge is 0.152 e. The minimum atomic E-state index is -2.96. The van der Waals surface area contributed by atoms with E-state index in [9.17, 15) is 12.8 Å². The maximum absolute atomic E-state index is 13.3. The molecule has 1 aromatic rings. The second kappa shape index (κ2) is 5.05. The third-order valence-electron chi connectivity index (χ3n) is 2.97. The first kappa shape index (κ1) is 13.6. The normalized spacial score (nSPS) is 19.6. The molecule has 4 nitrogen and oxygen atoms in total. The van der Waals surface area contributed by atoms with Crippen LogP contribution in [0.1, 0.15) is 6.42 Å². The summed E-state index contributed by atoms with van der Waals surface area (Å²) in [6.07, 6.45) is 0.566. The number of rotatable bonds is 1. The first-order valence-electron chi connectivity index (χ1n) is 5.59. The van der Waals surface area contributed by atoms with Gasteiger partial charge in [-0.25, -0.2) is 12.8 Å². The van der Waals surface area contributed by atoms with Gasteiger partial charge < -0.3 is 10.6 Å². The van der Waals surface area contributed by atoms with Crippen molar-refractivity contribution in [3.8, 4) is 0 Å². The molecule has 18 heavy (non-hydrogen) atoms. The zero-order valence-electron chi connectivity index (χ0n) is 9.70. The summed E-state index contributed by atoms with van der Waals surface area (Å²) >= 11 is 3.11. The maximum Gasteiger partial charge on any atom is 0.152 e. The number of halogens is 2. The highest BCUT2D eigenvalue weighted by atomic mass is 79.9. The highest BCUT2D eigenvalue weighted by molar-refractivity contribution is 9.10. The predicted molar refractivity (Wildman–Crippen MR) is 74.0 cm³/mol. The lowest BCUT2D eigenvalue weighted by molar-refractivity contribution is 0.597. The minimum Gasteiger partial charge on any atom is -0.397 e. The molecule has 1 heterocycles. The minimum absolute atomic E-state index is 0.113. The number of nitrogens with two attached hydrogens (primary N) is 1. The summed E-state index contributed by atoms with van der Waals surface area (Å²) in [6, 6.07) is 2.85. The first-order chi connectivity index (χ1) is 8.39. The molecule has 0 radical (unpaired) electrons. The summed E-state index contributed by atoms with van der Waals surface area (Å²) in [5.74, 6) is -0.105. The van der Waals surface area contributed by atoms with Gasteiger partial charge in [-0.3, -0.25) is 0 Å². The molecule has 2 N–H and O–H groups in total. The van der Waals surface area contributed by atoms with Crippen LogP contribution in [0.4, 0.5) is 15.8 Å². The Hall–Kier alpha value is -0.820. The lowest BCUT2D eigenvalue weighted by Crippen LogP contribution is -2.27. The molecule has 1 fully saturated rings. The van der Waals surface area contributed by atoms with E-state index in [1.54, 1.807) is 6.07 Å². The molecule has 1 saturated heterocycles. The lowest BCUT2D eigenvalue weighted by Gasteiger charge is -2.24. The average molecular weight is 337 g/mol. The number of hydrogen-bond donors (Lipinski definition) is 1. The van der Waals surface area contributed by atoms with Crippen molar-refractivity contribution in [2.75, 3.05) is 35.2 Å². The zero-order valence-corrected chi connectivity index (χ0v) is 12.1. The summed E-state index contributed by atoms with van der Waals surface area (Å²) in [5.41, 5.74) is 6.80. The fourth-order valence-electron chi connectivity index (χ4n) is 2.00. The van der Waals surface area contributed by atoms with Gasteiger partial charge in [-0.15, -0.1) is 0 Å². The average Bonchev–Trinajstić information content (AvgIpc) is 2.45. The Labute approximate surface area is 114 Å². The first-order valence-corrected chi connectivity index (χ1v) is 8.20. The monoisotopic (exact) mass is 336 g/mol. The molecule has 0 unspecified atom stereocenters. The van der Waals surface area contributed by atoms with E-state index in [0.29, 0.717) is 35.4 Å². The highest BCUT2D eigenvalue weighted by Crippen LogP contribution is 2.30. The van der Waals surface area contributed by atoms with Gasteiger partial charge in [0.15, 0.2) is 9.84 Å². The summed E-state index contributed by atoms with van der Waals surface area (Å²) in [6.45, 7) is 1.01. The molecule has 0 saturated carbocycles. The van der Waals surface area contributed by atoms with Gasteiger partial charge in [-0.05, 0) is 28.4 Å². The predicted octanol–water partition coefficient (Wildman–Crippen LogP) is 1.80. The van der Waals surface area contributed by atoms with Crippen molar-refractivity contribution >= 4 is 37.1 Å². The van der Waals surface area contributed by atoms with Crippen molar-refractivity contribution in [1.82, 2.24) is 0 Å². The molecule has 7 heteroatoms. The van der Waals surface area contributed by atoms with Crippen molar-refractivity contribution in [2.24, 2.45) is 0 Å².